The van der Waals surface area contributed by atoms with Gasteiger partial charge in [-0.05, 0) is 74.4 Å². The van der Waals surface area contributed by atoms with Crippen molar-refractivity contribution in [2.24, 2.45) is 5.41 Å². The lowest BCUT2D eigenvalue weighted by atomic mass is 9.55. The van der Waals surface area contributed by atoms with Gasteiger partial charge in [0.25, 0.3) is 0 Å². The number of benzene rings is 2. The molecule has 0 spiro atoms. The Morgan fingerprint density at radius 2 is 1.60 bits per heavy atom. The van der Waals surface area contributed by atoms with Crippen molar-refractivity contribution in [3.05, 3.63) is 64.2 Å². The van der Waals surface area contributed by atoms with Crippen LogP contribution in [-0.4, -0.2) is 86.1 Å². The number of hydrogen-bond acceptors (Lipinski definition) is 8. The molecule has 2 bridgehead atoms. The summed E-state index contributed by atoms with van der Waals surface area (Å²) < 4.78 is 11.7. The van der Waals surface area contributed by atoms with Crippen LogP contribution in [0.5, 0.6) is 5.75 Å². The highest BCUT2D eigenvalue weighted by molar-refractivity contribution is 6.31. The number of fused-ring (bicyclic) bond motifs is 2. The molecule has 7 atom stereocenters. The predicted molar refractivity (Wildman–Crippen MR) is 149 cm³/mol. The van der Waals surface area contributed by atoms with Crippen LogP contribution in [0.1, 0.15) is 62.6 Å². The topological polar surface area (TPSA) is 140 Å². The van der Waals surface area contributed by atoms with Crippen LogP contribution in [0, 0.1) is 5.41 Å². The van der Waals surface area contributed by atoms with Crippen LogP contribution in [0.3, 0.4) is 0 Å². The molecular formula is C31H41ClO8. The summed E-state index contributed by atoms with van der Waals surface area (Å²) in [5.74, 6) is 0.732. The van der Waals surface area contributed by atoms with Gasteiger partial charge in [-0.25, -0.2) is 0 Å². The van der Waals surface area contributed by atoms with Crippen LogP contribution >= 0.6 is 11.6 Å². The Bertz CT molecular complexity index is 1180. The normalized spacial score (nSPS) is 34.4. The van der Waals surface area contributed by atoms with Gasteiger partial charge in [-0.15, -0.1) is 0 Å². The van der Waals surface area contributed by atoms with Crippen LogP contribution in [0.4, 0.5) is 0 Å². The highest BCUT2D eigenvalue weighted by atomic mass is 35.5. The van der Waals surface area contributed by atoms with Crippen LogP contribution in [0.2, 0.25) is 5.02 Å². The average molecular weight is 577 g/mol. The van der Waals surface area contributed by atoms with E-state index < -0.39 is 47.0 Å². The molecule has 0 heterocycles. The second kappa shape index (κ2) is 11.2. The number of ether oxygens (including phenoxy) is 2. The number of aliphatic hydroxyl groups excluding tert-OH is 5. The number of aliphatic hydroxyl groups is 6. The first kappa shape index (κ1) is 29.7. The van der Waals surface area contributed by atoms with E-state index in [0.717, 1.165) is 24.2 Å². The standard InChI is InChI=1S/C31H41ClO8/c1-29(2,38)30-17-24(33)31(28(30)37,27(36)25(34)26(30)35)20-9-12-23(32)19(16-20)15-18-7-10-22(11-8-18)40-14-13-39-21-5-3-4-6-21/h7-12,16,21,24-28,33-38H,3-6,13-15,17H2,1-2H3/t24?,25-,26-,27+,28?,30-,31-/m1/s1. The van der Waals surface area contributed by atoms with Crippen molar-refractivity contribution >= 4 is 11.6 Å². The van der Waals surface area contributed by atoms with Crippen molar-refractivity contribution in [1.82, 2.24) is 0 Å². The van der Waals surface area contributed by atoms with Gasteiger partial charge in [0.05, 0.1) is 53.6 Å². The van der Waals surface area contributed by atoms with Crippen LogP contribution < -0.4 is 4.74 Å². The third-order valence-corrected chi connectivity index (χ3v) is 10.1. The minimum atomic E-state index is -1.74. The van der Waals surface area contributed by atoms with Gasteiger partial charge in [0, 0.05) is 5.02 Å². The van der Waals surface area contributed by atoms with E-state index in [1.54, 1.807) is 18.2 Å². The summed E-state index contributed by atoms with van der Waals surface area (Å²) in [5.41, 5.74) is -3.06. The molecule has 0 saturated heterocycles. The van der Waals surface area contributed by atoms with Gasteiger partial charge in [0.2, 0.25) is 0 Å². The van der Waals surface area contributed by atoms with Gasteiger partial charge in [-0.1, -0.05) is 48.7 Å². The van der Waals surface area contributed by atoms with Crippen LogP contribution in [-0.2, 0) is 16.6 Å². The molecule has 9 heteroatoms. The molecule has 8 nitrogen and oxygen atoms in total. The number of rotatable bonds is 9. The zero-order chi connectivity index (χ0) is 28.9. The van der Waals surface area contributed by atoms with Gasteiger partial charge in [-0.3, -0.25) is 0 Å². The maximum Gasteiger partial charge on any atom is 0.119 e. The molecule has 40 heavy (non-hydrogen) atoms. The van der Waals surface area contributed by atoms with Crippen molar-refractivity contribution in [1.29, 1.82) is 0 Å². The van der Waals surface area contributed by atoms with Crippen molar-refractivity contribution in [2.45, 2.75) is 100 Å². The van der Waals surface area contributed by atoms with Crippen molar-refractivity contribution < 1.29 is 40.1 Å². The lowest BCUT2D eigenvalue weighted by Gasteiger charge is -2.56. The van der Waals surface area contributed by atoms with Gasteiger partial charge < -0.3 is 40.1 Å². The fourth-order valence-corrected chi connectivity index (χ4v) is 7.59. The van der Waals surface area contributed by atoms with Crippen molar-refractivity contribution in [3.63, 3.8) is 0 Å². The lowest BCUT2D eigenvalue weighted by molar-refractivity contribution is -0.254. The third-order valence-electron chi connectivity index (χ3n) is 9.70. The van der Waals surface area contributed by atoms with E-state index in [1.165, 1.54) is 26.7 Å². The largest absolute Gasteiger partial charge is 0.491 e. The first-order valence-corrected chi connectivity index (χ1v) is 14.6. The summed E-state index contributed by atoms with van der Waals surface area (Å²) >= 11 is 6.56. The Balaban J connectivity index is 1.35. The Hall–Kier alpha value is -1.75. The number of halogens is 1. The van der Waals surface area contributed by atoms with E-state index in [9.17, 15) is 30.6 Å². The quantitative estimate of drug-likeness (QED) is 0.250. The second-order valence-corrected chi connectivity index (χ2v) is 12.7. The molecule has 2 aromatic carbocycles. The van der Waals surface area contributed by atoms with E-state index >= 15 is 0 Å². The highest BCUT2D eigenvalue weighted by Gasteiger charge is 2.77. The maximum atomic E-state index is 11.7. The van der Waals surface area contributed by atoms with E-state index in [1.807, 2.05) is 24.3 Å². The first-order chi connectivity index (χ1) is 18.9. The summed E-state index contributed by atoms with van der Waals surface area (Å²) in [7, 11) is 0. The number of hydrogen-bond donors (Lipinski definition) is 6. The van der Waals surface area contributed by atoms with Gasteiger partial charge in [-0.2, -0.15) is 0 Å². The Morgan fingerprint density at radius 1 is 0.925 bits per heavy atom. The van der Waals surface area contributed by atoms with Crippen LogP contribution in [0.15, 0.2) is 42.5 Å². The average Bonchev–Trinajstić information content (AvgIpc) is 3.50. The van der Waals surface area contributed by atoms with Gasteiger partial charge in [0.1, 0.15) is 18.5 Å². The minimum Gasteiger partial charge on any atom is -0.491 e. The summed E-state index contributed by atoms with van der Waals surface area (Å²) in [5, 5.41) is 67.5. The molecule has 0 aromatic heterocycles. The lowest BCUT2D eigenvalue weighted by Crippen LogP contribution is -2.72. The Labute approximate surface area is 240 Å². The molecule has 3 aliphatic rings. The van der Waals surface area contributed by atoms with E-state index in [2.05, 4.69) is 0 Å². The van der Waals surface area contributed by atoms with E-state index in [-0.39, 0.29) is 6.42 Å². The molecule has 0 amide bonds. The Morgan fingerprint density at radius 3 is 2.25 bits per heavy atom. The van der Waals surface area contributed by atoms with Crippen molar-refractivity contribution in [2.75, 3.05) is 13.2 Å². The molecular weight excluding hydrogens is 536 g/mol. The highest BCUT2D eigenvalue weighted by Crippen LogP contribution is 2.63. The fourth-order valence-electron chi connectivity index (χ4n) is 7.41. The SMILES string of the molecule is CC(C)(O)[C@@]12CC(O)[C@@](c3ccc(Cl)c(Cc4ccc(OCCOC5CCCC5)cc4)c3)(C1O)[C@@H](O)[C@H](O)[C@H]2O. The molecule has 2 unspecified atom stereocenters. The summed E-state index contributed by atoms with van der Waals surface area (Å²) in [6.45, 7) is 3.89. The first-order valence-electron chi connectivity index (χ1n) is 14.2. The summed E-state index contributed by atoms with van der Waals surface area (Å²) in [4.78, 5) is 0. The molecule has 6 N–H and O–H groups in total. The van der Waals surface area contributed by atoms with Crippen molar-refractivity contribution in [3.8, 4) is 5.75 Å². The monoisotopic (exact) mass is 576 g/mol. The molecule has 3 aliphatic carbocycles. The molecule has 3 fully saturated rings. The molecule has 3 saturated carbocycles. The molecule has 5 rings (SSSR count). The predicted octanol–water partition coefficient (Wildman–Crippen LogP) is 2.49. The third kappa shape index (κ3) is 4.76. The second-order valence-electron chi connectivity index (χ2n) is 12.3. The van der Waals surface area contributed by atoms with Gasteiger partial charge >= 0.3 is 0 Å². The smallest absolute Gasteiger partial charge is 0.119 e. The van der Waals surface area contributed by atoms with Gasteiger partial charge in [0.15, 0.2) is 0 Å². The Kier molecular flexibility index (Phi) is 8.29. The fraction of sp³-hybridized carbons (Fsp3) is 0.613. The summed E-state index contributed by atoms with van der Waals surface area (Å²) in [6.07, 6.45) is -2.64. The molecule has 0 aliphatic heterocycles. The zero-order valence-electron chi connectivity index (χ0n) is 23.0. The van der Waals surface area contributed by atoms with E-state index in [0.29, 0.717) is 41.9 Å². The zero-order valence-corrected chi connectivity index (χ0v) is 23.8. The minimum absolute atomic E-state index is 0.210. The molecule has 0 radical (unpaired) electrons. The molecule has 2 aromatic rings. The van der Waals surface area contributed by atoms with Crippen LogP contribution in [0.25, 0.3) is 0 Å². The molecule has 220 valence electrons. The maximum absolute atomic E-state index is 11.7. The summed E-state index contributed by atoms with van der Waals surface area (Å²) in [6, 6.07) is 12.6. The van der Waals surface area contributed by atoms with E-state index in [4.69, 9.17) is 21.1 Å².